The van der Waals surface area contributed by atoms with Crippen LogP contribution in [0.5, 0.6) is 0 Å². The highest BCUT2D eigenvalue weighted by molar-refractivity contribution is 6.31. The minimum atomic E-state index is -0.163. The van der Waals surface area contributed by atoms with E-state index in [0.717, 1.165) is 5.69 Å². The van der Waals surface area contributed by atoms with Crippen molar-refractivity contribution in [2.24, 2.45) is 0 Å². The average molecular weight is 250 g/mol. The highest BCUT2D eigenvalue weighted by Gasteiger charge is 2.25. The molecule has 0 amide bonds. The minimum Gasteiger partial charge on any atom is -0.390 e. The van der Waals surface area contributed by atoms with E-state index in [2.05, 4.69) is 10.1 Å². The van der Waals surface area contributed by atoms with Crippen molar-refractivity contribution in [1.29, 1.82) is 0 Å². The van der Waals surface area contributed by atoms with Crippen LogP contribution in [0, 0.1) is 0 Å². The smallest absolute Gasteiger partial charge is 0.153 e. The Labute approximate surface area is 104 Å². The summed E-state index contributed by atoms with van der Waals surface area (Å²) in [5.41, 5.74) is 1.60. The van der Waals surface area contributed by atoms with E-state index < -0.39 is 0 Å². The van der Waals surface area contributed by atoms with E-state index in [1.807, 2.05) is 12.3 Å². The Morgan fingerprint density at radius 3 is 2.88 bits per heavy atom. The lowest BCUT2D eigenvalue weighted by atomic mass is 10.3. The van der Waals surface area contributed by atoms with Crippen LogP contribution in [0.4, 0.5) is 0 Å². The van der Waals surface area contributed by atoms with Gasteiger partial charge in [-0.2, -0.15) is 5.10 Å². The van der Waals surface area contributed by atoms with Crippen molar-refractivity contribution in [3.8, 4) is 5.82 Å². The lowest BCUT2D eigenvalue weighted by Gasteiger charge is -2.04. The zero-order valence-corrected chi connectivity index (χ0v) is 9.93. The molecule has 17 heavy (non-hydrogen) atoms. The molecule has 2 aromatic rings. The number of aliphatic hydroxyl groups excluding tert-OH is 1. The van der Waals surface area contributed by atoms with Crippen LogP contribution < -0.4 is 0 Å². The minimum absolute atomic E-state index is 0.163. The Morgan fingerprint density at radius 1 is 1.35 bits per heavy atom. The second kappa shape index (κ2) is 4.13. The third kappa shape index (κ3) is 2.06. The molecule has 1 aliphatic carbocycles. The van der Waals surface area contributed by atoms with Crippen molar-refractivity contribution in [3.05, 3.63) is 40.8 Å². The first-order chi connectivity index (χ1) is 8.28. The van der Waals surface area contributed by atoms with Gasteiger partial charge in [0.15, 0.2) is 5.82 Å². The van der Waals surface area contributed by atoms with Gasteiger partial charge in [0.05, 0.1) is 23.0 Å². The van der Waals surface area contributed by atoms with Gasteiger partial charge in [-0.15, -0.1) is 0 Å². The molecule has 2 aromatic heterocycles. The monoisotopic (exact) mass is 249 g/mol. The molecular formula is C12H12ClN3O. The van der Waals surface area contributed by atoms with Crippen molar-refractivity contribution in [2.45, 2.75) is 25.4 Å². The van der Waals surface area contributed by atoms with Crippen LogP contribution in [-0.2, 0) is 6.61 Å². The Hall–Kier alpha value is -1.39. The normalized spacial score (nSPS) is 15.2. The molecule has 5 heteroatoms. The van der Waals surface area contributed by atoms with E-state index in [4.69, 9.17) is 16.7 Å². The molecule has 0 bridgehead atoms. The highest BCUT2D eigenvalue weighted by atomic mass is 35.5. The highest BCUT2D eigenvalue weighted by Crippen LogP contribution is 2.38. The zero-order chi connectivity index (χ0) is 11.8. The summed E-state index contributed by atoms with van der Waals surface area (Å²) in [6.07, 6.45) is 4.35. The average Bonchev–Trinajstić information content (AvgIpc) is 3.08. The van der Waals surface area contributed by atoms with Crippen LogP contribution in [0.15, 0.2) is 24.4 Å². The fourth-order valence-electron chi connectivity index (χ4n) is 1.77. The Morgan fingerprint density at radius 2 is 2.18 bits per heavy atom. The zero-order valence-electron chi connectivity index (χ0n) is 9.17. The summed E-state index contributed by atoms with van der Waals surface area (Å²) < 4.78 is 1.73. The molecule has 3 rings (SSSR count). The van der Waals surface area contributed by atoms with Crippen LogP contribution in [0.1, 0.15) is 30.1 Å². The fourth-order valence-corrected chi connectivity index (χ4v) is 1.94. The maximum atomic E-state index is 9.12. The maximum Gasteiger partial charge on any atom is 0.153 e. The molecular weight excluding hydrogens is 238 g/mol. The second-order valence-corrected chi connectivity index (χ2v) is 4.62. The maximum absolute atomic E-state index is 9.12. The summed E-state index contributed by atoms with van der Waals surface area (Å²) in [6.45, 7) is -0.163. The molecule has 0 unspecified atom stereocenters. The summed E-state index contributed by atoms with van der Waals surface area (Å²) in [4.78, 5) is 4.27. The second-order valence-electron chi connectivity index (χ2n) is 4.22. The quantitative estimate of drug-likeness (QED) is 0.908. The molecule has 1 fully saturated rings. The van der Waals surface area contributed by atoms with Gasteiger partial charge in [-0.1, -0.05) is 11.6 Å². The van der Waals surface area contributed by atoms with Crippen molar-refractivity contribution in [2.75, 3.05) is 0 Å². The summed E-state index contributed by atoms with van der Waals surface area (Å²) in [7, 11) is 0. The molecule has 0 saturated heterocycles. The lowest BCUT2D eigenvalue weighted by Crippen LogP contribution is -2.02. The molecule has 0 radical (unpaired) electrons. The summed E-state index contributed by atoms with van der Waals surface area (Å²) in [5.74, 6) is 1.31. The van der Waals surface area contributed by atoms with Crippen molar-refractivity contribution in [1.82, 2.24) is 14.8 Å². The van der Waals surface area contributed by atoms with Crippen molar-refractivity contribution >= 4 is 11.6 Å². The Bertz CT molecular complexity index is 548. The predicted molar refractivity (Wildman–Crippen MR) is 64.3 cm³/mol. The number of aromatic nitrogens is 3. The Kier molecular flexibility index (Phi) is 2.61. The lowest BCUT2D eigenvalue weighted by molar-refractivity contribution is 0.277. The number of hydrogen-bond acceptors (Lipinski definition) is 3. The molecule has 0 atom stereocenters. The van der Waals surface area contributed by atoms with Gasteiger partial charge in [-0.25, -0.2) is 9.67 Å². The van der Waals surface area contributed by atoms with Crippen LogP contribution in [0.2, 0.25) is 5.02 Å². The van der Waals surface area contributed by atoms with Gasteiger partial charge in [0.1, 0.15) is 0 Å². The van der Waals surface area contributed by atoms with E-state index in [9.17, 15) is 0 Å². The first-order valence-electron chi connectivity index (χ1n) is 5.60. The van der Waals surface area contributed by atoms with E-state index in [-0.39, 0.29) is 6.61 Å². The molecule has 1 aliphatic rings. The molecule has 0 aliphatic heterocycles. The molecule has 1 saturated carbocycles. The van der Waals surface area contributed by atoms with Crippen molar-refractivity contribution < 1.29 is 5.11 Å². The molecule has 1 N–H and O–H groups in total. The first-order valence-corrected chi connectivity index (χ1v) is 5.98. The van der Waals surface area contributed by atoms with Crippen LogP contribution in [0.3, 0.4) is 0 Å². The van der Waals surface area contributed by atoms with Gasteiger partial charge in [0, 0.05) is 12.1 Å². The van der Waals surface area contributed by atoms with E-state index in [1.54, 1.807) is 16.8 Å². The van der Waals surface area contributed by atoms with E-state index >= 15 is 0 Å². The number of nitrogens with zero attached hydrogens (tertiary/aromatic N) is 3. The summed E-state index contributed by atoms with van der Waals surface area (Å²) >= 11 is 5.90. The number of rotatable bonds is 3. The number of hydrogen-bond donors (Lipinski definition) is 1. The fraction of sp³-hybridized carbons (Fsp3) is 0.333. The number of aliphatic hydroxyl groups is 1. The topological polar surface area (TPSA) is 50.9 Å². The molecule has 0 aromatic carbocycles. The largest absolute Gasteiger partial charge is 0.390 e. The molecule has 2 heterocycles. The standard InChI is InChI=1S/C12H12ClN3O/c13-9-3-4-12(14-11(9)7-17)16-6-5-10(15-16)8-1-2-8/h3-6,8,17H,1-2,7H2. The SMILES string of the molecule is OCc1nc(-n2ccc(C3CC3)n2)ccc1Cl. The van der Waals surface area contributed by atoms with Gasteiger partial charge in [0.25, 0.3) is 0 Å². The first kappa shape index (κ1) is 10.7. The van der Waals surface area contributed by atoms with Gasteiger partial charge in [-0.05, 0) is 31.0 Å². The van der Waals surface area contributed by atoms with Gasteiger partial charge in [-0.3, -0.25) is 0 Å². The van der Waals surface area contributed by atoms with Gasteiger partial charge >= 0.3 is 0 Å². The van der Waals surface area contributed by atoms with E-state index in [1.165, 1.54) is 12.8 Å². The summed E-state index contributed by atoms with van der Waals surface area (Å²) in [5, 5.41) is 14.1. The van der Waals surface area contributed by atoms with Crippen LogP contribution >= 0.6 is 11.6 Å². The van der Waals surface area contributed by atoms with Crippen LogP contribution in [0.25, 0.3) is 5.82 Å². The van der Waals surface area contributed by atoms with E-state index in [0.29, 0.717) is 22.5 Å². The summed E-state index contributed by atoms with van der Waals surface area (Å²) in [6, 6.07) is 5.55. The third-order valence-corrected chi connectivity index (χ3v) is 3.24. The molecule has 0 spiro atoms. The number of pyridine rings is 1. The number of halogens is 1. The third-order valence-electron chi connectivity index (χ3n) is 2.89. The molecule has 4 nitrogen and oxygen atoms in total. The Balaban J connectivity index is 1.96. The van der Waals surface area contributed by atoms with Gasteiger partial charge in [0.2, 0.25) is 0 Å². The molecule has 88 valence electrons. The predicted octanol–water partition coefficient (Wildman–Crippen LogP) is 2.29. The van der Waals surface area contributed by atoms with Crippen LogP contribution in [-0.4, -0.2) is 19.9 Å². The van der Waals surface area contributed by atoms with Crippen molar-refractivity contribution in [3.63, 3.8) is 0 Å². The van der Waals surface area contributed by atoms with Gasteiger partial charge < -0.3 is 5.11 Å².